The smallest absolute Gasteiger partial charge is 0.238 e. The number of aryl methyl sites for hydroxylation is 2. The van der Waals surface area contributed by atoms with Crippen molar-refractivity contribution < 1.29 is 13.2 Å². The number of sulfonamides is 1. The fraction of sp³-hybridized carbons (Fsp3) is 0.455. The van der Waals surface area contributed by atoms with Crippen molar-refractivity contribution in [1.29, 1.82) is 0 Å². The highest BCUT2D eigenvalue weighted by Crippen LogP contribution is 2.26. The van der Waals surface area contributed by atoms with Crippen LogP contribution in [0.15, 0.2) is 17.0 Å². The van der Waals surface area contributed by atoms with Gasteiger partial charge in [0, 0.05) is 0 Å². The molecule has 90 valence electrons. The molecule has 5 heteroatoms. The van der Waals surface area contributed by atoms with Crippen LogP contribution in [0.1, 0.15) is 24.5 Å². The van der Waals surface area contributed by atoms with E-state index < -0.39 is 10.0 Å². The van der Waals surface area contributed by atoms with Crippen molar-refractivity contribution >= 4 is 10.0 Å². The molecule has 0 aliphatic rings. The zero-order chi connectivity index (χ0) is 12.3. The Balaban J connectivity index is 3.18. The summed E-state index contributed by atoms with van der Waals surface area (Å²) in [6.45, 7) is 6.26. The maximum absolute atomic E-state index is 11.2. The molecule has 0 spiro atoms. The number of rotatable bonds is 4. The van der Waals surface area contributed by atoms with Gasteiger partial charge < -0.3 is 4.74 Å². The van der Waals surface area contributed by atoms with Crippen molar-refractivity contribution in [3.63, 3.8) is 0 Å². The number of benzene rings is 1. The fourth-order valence-electron chi connectivity index (χ4n) is 1.51. The summed E-state index contributed by atoms with van der Waals surface area (Å²) >= 11 is 0. The van der Waals surface area contributed by atoms with E-state index in [1.165, 1.54) is 12.1 Å². The zero-order valence-electron chi connectivity index (χ0n) is 9.78. The summed E-state index contributed by atoms with van der Waals surface area (Å²) in [4.78, 5) is 0.131. The minimum atomic E-state index is -3.64. The van der Waals surface area contributed by atoms with Gasteiger partial charge in [-0.25, -0.2) is 13.6 Å². The van der Waals surface area contributed by atoms with Crippen LogP contribution in [-0.2, 0) is 10.0 Å². The van der Waals surface area contributed by atoms with Crippen LogP contribution in [0.25, 0.3) is 0 Å². The molecule has 1 aromatic carbocycles. The molecular weight excluding hydrogens is 226 g/mol. The van der Waals surface area contributed by atoms with E-state index >= 15 is 0 Å². The highest BCUT2D eigenvalue weighted by atomic mass is 32.2. The Morgan fingerprint density at radius 1 is 1.25 bits per heavy atom. The lowest BCUT2D eigenvalue weighted by molar-refractivity contribution is 0.313. The molecule has 2 N–H and O–H groups in total. The van der Waals surface area contributed by atoms with Gasteiger partial charge in [0.1, 0.15) is 5.75 Å². The molecule has 0 aliphatic carbocycles. The molecule has 4 nitrogen and oxygen atoms in total. The second-order valence-electron chi connectivity index (χ2n) is 3.78. The van der Waals surface area contributed by atoms with Crippen LogP contribution in [0.5, 0.6) is 5.75 Å². The first-order valence-corrected chi connectivity index (χ1v) is 6.67. The topological polar surface area (TPSA) is 69.4 Å². The molecule has 0 heterocycles. The van der Waals surface area contributed by atoms with E-state index in [9.17, 15) is 8.42 Å². The van der Waals surface area contributed by atoms with Crippen molar-refractivity contribution in [3.05, 3.63) is 23.3 Å². The quantitative estimate of drug-likeness (QED) is 0.875. The Hall–Kier alpha value is -1.07. The lowest BCUT2D eigenvalue weighted by atomic mass is 10.1. The number of ether oxygens (including phenoxy) is 1. The van der Waals surface area contributed by atoms with Crippen LogP contribution in [0.2, 0.25) is 0 Å². The van der Waals surface area contributed by atoms with Gasteiger partial charge in [-0.15, -0.1) is 0 Å². The third-order valence-corrected chi connectivity index (χ3v) is 3.11. The third-order valence-electron chi connectivity index (χ3n) is 2.21. The predicted octanol–water partition coefficient (Wildman–Crippen LogP) is 1.74. The molecule has 16 heavy (non-hydrogen) atoms. The summed E-state index contributed by atoms with van der Waals surface area (Å²) in [6, 6.07) is 3.07. The van der Waals surface area contributed by atoms with Crippen molar-refractivity contribution in [2.24, 2.45) is 5.14 Å². The predicted molar refractivity (Wildman–Crippen MR) is 63.1 cm³/mol. The van der Waals surface area contributed by atoms with Gasteiger partial charge in [-0.05, 0) is 43.5 Å². The van der Waals surface area contributed by atoms with Gasteiger partial charge in [0.25, 0.3) is 0 Å². The Morgan fingerprint density at radius 3 is 2.12 bits per heavy atom. The molecule has 0 radical (unpaired) electrons. The van der Waals surface area contributed by atoms with E-state index in [1.54, 1.807) is 0 Å². The van der Waals surface area contributed by atoms with Gasteiger partial charge >= 0.3 is 0 Å². The van der Waals surface area contributed by atoms with E-state index in [2.05, 4.69) is 0 Å². The molecule has 0 aromatic heterocycles. The second-order valence-corrected chi connectivity index (χ2v) is 5.34. The molecule has 0 fully saturated rings. The average Bonchev–Trinajstić information content (AvgIpc) is 2.15. The Labute approximate surface area is 96.5 Å². The fourth-order valence-corrected chi connectivity index (χ4v) is 2.19. The molecule has 1 aromatic rings. The van der Waals surface area contributed by atoms with Gasteiger partial charge in [-0.1, -0.05) is 6.92 Å². The van der Waals surface area contributed by atoms with Crippen LogP contribution in [0, 0.1) is 13.8 Å². The molecule has 0 unspecified atom stereocenters. The summed E-state index contributed by atoms with van der Waals surface area (Å²) in [6.07, 6.45) is 0.913. The zero-order valence-corrected chi connectivity index (χ0v) is 10.6. The summed E-state index contributed by atoms with van der Waals surface area (Å²) in [5.74, 6) is 0.745. The summed E-state index contributed by atoms with van der Waals surface area (Å²) in [7, 11) is -3.64. The van der Waals surface area contributed by atoms with Crippen molar-refractivity contribution in [1.82, 2.24) is 0 Å². The lowest BCUT2D eigenvalue weighted by Gasteiger charge is -2.12. The molecule has 0 aliphatic heterocycles. The number of nitrogens with two attached hydrogens (primary N) is 1. The maximum Gasteiger partial charge on any atom is 0.238 e. The normalized spacial score (nSPS) is 11.5. The minimum Gasteiger partial charge on any atom is -0.493 e. The summed E-state index contributed by atoms with van der Waals surface area (Å²) < 4.78 is 27.9. The van der Waals surface area contributed by atoms with E-state index in [4.69, 9.17) is 9.88 Å². The van der Waals surface area contributed by atoms with Crippen LogP contribution in [0.4, 0.5) is 0 Å². The second kappa shape index (κ2) is 4.84. The minimum absolute atomic E-state index is 0.131. The van der Waals surface area contributed by atoms with Gasteiger partial charge in [0.15, 0.2) is 0 Å². The first-order chi connectivity index (χ1) is 7.36. The lowest BCUT2D eigenvalue weighted by Crippen LogP contribution is -2.13. The van der Waals surface area contributed by atoms with E-state index in [0.29, 0.717) is 6.61 Å². The molecule has 0 atom stereocenters. The highest BCUT2D eigenvalue weighted by molar-refractivity contribution is 7.89. The van der Waals surface area contributed by atoms with Gasteiger partial charge in [0.05, 0.1) is 11.5 Å². The van der Waals surface area contributed by atoms with Crippen molar-refractivity contribution in [3.8, 4) is 5.75 Å². The standard InChI is InChI=1S/C11H17NO3S/c1-4-5-15-11-8(2)6-10(7-9(11)3)16(12,13)14/h6-7H,4-5H2,1-3H3,(H2,12,13,14). The summed E-state index contributed by atoms with van der Waals surface area (Å²) in [5, 5.41) is 5.08. The van der Waals surface area contributed by atoms with Gasteiger partial charge in [-0.2, -0.15) is 0 Å². The molecule has 1 rings (SSSR count). The molecule has 0 saturated carbocycles. The molecule has 0 bridgehead atoms. The molecule has 0 amide bonds. The first kappa shape index (κ1) is 13.0. The highest BCUT2D eigenvalue weighted by Gasteiger charge is 2.13. The summed E-state index contributed by atoms with van der Waals surface area (Å²) in [5.41, 5.74) is 1.58. The van der Waals surface area contributed by atoms with Crippen molar-refractivity contribution in [2.45, 2.75) is 32.1 Å². The van der Waals surface area contributed by atoms with Crippen molar-refractivity contribution in [2.75, 3.05) is 6.61 Å². The van der Waals surface area contributed by atoms with E-state index in [1.807, 2.05) is 20.8 Å². The van der Waals surface area contributed by atoms with Crippen LogP contribution in [0.3, 0.4) is 0 Å². The van der Waals surface area contributed by atoms with E-state index in [0.717, 1.165) is 23.3 Å². The number of hydrogen-bond donors (Lipinski definition) is 1. The largest absolute Gasteiger partial charge is 0.493 e. The van der Waals surface area contributed by atoms with Crippen LogP contribution in [-0.4, -0.2) is 15.0 Å². The molecular formula is C11H17NO3S. The number of primary sulfonamides is 1. The number of hydrogen-bond acceptors (Lipinski definition) is 3. The molecule has 0 saturated heterocycles. The third kappa shape index (κ3) is 2.96. The first-order valence-electron chi connectivity index (χ1n) is 5.13. The maximum atomic E-state index is 11.2. The van der Waals surface area contributed by atoms with Gasteiger partial charge in [0.2, 0.25) is 10.0 Å². The Kier molecular flexibility index (Phi) is 3.93. The average molecular weight is 243 g/mol. The van der Waals surface area contributed by atoms with Crippen LogP contribution >= 0.6 is 0 Å². The Morgan fingerprint density at radius 2 is 1.75 bits per heavy atom. The Bertz CT molecular complexity index is 457. The SMILES string of the molecule is CCCOc1c(C)cc(S(N)(=O)=O)cc1C. The van der Waals surface area contributed by atoms with E-state index in [-0.39, 0.29) is 4.90 Å². The monoisotopic (exact) mass is 243 g/mol. The van der Waals surface area contributed by atoms with Crippen LogP contribution < -0.4 is 9.88 Å². The van der Waals surface area contributed by atoms with Gasteiger partial charge in [-0.3, -0.25) is 0 Å².